The van der Waals surface area contributed by atoms with Crippen LogP contribution < -0.4 is 0 Å². The predicted octanol–water partition coefficient (Wildman–Crippen LogP) is 4.34. The van der Waals surface area contributed by atoms with Crippen LogP contribution in [0, 0.1) is 5.92 Å². The Hall–Kier alpha value is -0.520. The quantitative estimate of drug-likeness (QED) is 0.533. The molecule has 0 fully saturated rings. The van der Waals surface area contributed by atoms with Crippen LogP contribution in [0.5, 0.6) is 0 Å². The Kier molecular flexibility index (Phi) is 6.84. The van der Waals surface area contributed by atoms with Crippen LogP contribution in [0.1, 0.15) is 47.0 Å². The molecule has 0 bridgehead atoms. The lowest BCUT2D eigenvalue weighted by Gasteiger charge is -2.05. The van der Waals surface area contributed by atoms with Crippen LogP contribution in [-0.2, 0) is 0 Å². The van der Waals surface area contributed by atoms with Crippen LogP contribution in [0.2, 0.25) is 0 Å². The summed E-state index contributed by atoms with van der Waals surface area (Å²) in [7, 11) is 0. The van der Waals surface area contributed by atoms with E-state index in [9.17, 15) is 0 Å². The first-order valence-corrected chi connectivity index (χ1v) is 5.03. The van der Waals surface area contributed by atoms with Gasteiger partial charge in [0.2, 0.25) is 0 Å². The molecule has 0 saturated heterocycles. The highest BCUT2D eigenvalue weighted by atomic mass is 14.0. The zero-order valence-electron chi connectivity index (χ0n) is 8.93. The van der Waals surface area contributed by atoms with E-state index in [-0.39, 0.29) is 0 Å². The van der Waals surface area contributed by atoms with Crippen molar-refractivity contribution >= 4 is 0 Å². The monoisotopic (exact) mass is 166 g/mol. The summed E-state index contributed by atoms with van der Waals surface area (Å²) in [6.45, 7) is 8.87. The number of hydrogen-bond donors (Lipinski definition) is 0. The van der Waals surface area contributed by atoms with Crippen molar-refractivity contribution in [3.8, 4) is 0 Å². The van der Waals surface area contributed by atoms with Crippen LogP contribution in [-0.4, -0.2) is 0 Å². The van der Waals surface area contributed by atoms with Gasteiger partial charge >= 0.3 is 0 Å². The average molecular weight is 166 g/mol. The molecule has 0 aromatic rings. The smallest absolute Gasteiger partial charge is 0.0225 e. The molecule has 12 heavy (non-hydrogen) atoms. The molecule has 0 saturated carbocycles. The Morgan fingerprint density at radius 1 is 1.25 bits per heavy atom. The molecule has 0 nitrogen and oxygen atoms in total. The van der Waals surface area contributed by atoms with Gasteiger partial charge in [-0.25, -0.2) is 0 Å². The first kappa shape index (κ1) is 11.5. The lowest BCUT2D eigenvalue weighted by atomic mass is 10.0. The summed E-state index contributed by atoms with van der Waals surface area (Å²) in [4.78, 5) is 0. The molecule has 0 aliphatic heterocycles. The van der Waals surface area contributed by atoms with E-state index < -0.39 is 0 Å². The largest absolute Gasteiger partial charge is 0.0885 e. The first-order valence-electron chi connectivity index (χ1n) is 5.03. The van der Waals surface area contributed by atoms with E-state index in [2.05, 4.69) is 45.9 Å². The van der Waals surface area contributed by atoms with Gasteiger partial charge in [0.1, 0.15) is 0 Å². The van der Waals surface area contributed by atoms with E-state index in [0.29, 0.717) is 5.92 Å². The van der Waals surface area contributed by atoms with Gasteiger partial charge in [0.25, 0.3) is 0 Å². The maximum atomic E-state index is 2.32. The summed E-state index contributed by atoms with van der Waals surface area (Å²) in [5, 5.41) is 0. The number of hydrogen-bond acceptors (Lipinski definition) is 0. The first-order chi connectivity index (χ1) is 5.70. The second-order valence-electron chi connectivity index (χ2n) is 3.48. The van der Waals surface area contributed by atoms with Crippen LogP contribution in [0.3, 0.4) is 0 Å². The van der Waals surface area contributed by atoms with Gasteiger partial charge in [-0.15, -0.1) is 0 Å². The topological polar surface area (TPSA) is 0 Å². The van der Waals surface area contributed by atoms with Gasteiger partial charge in [-0.3, -0.25) is 0 Å². The van der Waals surface area contributed by atoms with E-state index >= 15 is 0 Å². The summed E-state index contributed by atoms with van der Waals surface area (Å²) in [5.41, 5.74) is 1.52. The van der Waals surface area contributed by atoms with Crippen LogP contribution in [0.4, 0.5) is 0 Å². The molecule has 0 aromatic carbocycles. The van der Waals surface area contributed by atoms with Gasteiger partial charge in [-0.2, -0.15) is 0 Å². The average Bonchev–Trinajstić information content (AvgIpc) is 2.01. The maximum Gasteiger partial charge on any atom is -0.0225 e. The summed E-state index contributed by atoms with van der Waals surface area (Å²) >= 11 is 0. The Bertz CT molecular complexity index is 151. The molecule has 0 heteroatoms. The molecule has 70 valence electrons. The molecule has 0 rings (SSSR count). The zero-order chi connectivity index (χ0) is 9.40. The van der Waals surface area contributed by atoms with Gasteiger partial charge in [-0.05, 0) is 32.1 Å². The van der Waals surface area contributed by atoms with Crippen molar-refractivity contribution in [2.45, 2.75) is 47.0 Å². The zero-order valence-corrected chi connectivity index (χ0v) is 8.93. The van der Waals surface area contributed by atoms with Gasteiger partial charge in [0, 0.05) is 0 Å². The second kappa shape index (κ2) is 7.15. The molecule has 0 aromatic heterocycles. The summed E-state index contributed by atoms with van der Waals surface area (Å²) in [6.07, 6.45) is 10.4. The van der Waals surface area contributed by atoms with Crippen molar-refractivity contribution in [1.82, 2.24) is 0 Å². The minimum absolute atomic E-state index is 0.702. The van der Waals surface area contributed by atoms with Crippen molar-refractivity contribution in [2.24, 2.45) is 5.92 Å². The molecule has 0 N–H and O–H groups in total. The standard InChI is InChI=1S/C12H22/c1-5-7-9-12(4)10-11(3)8-6-2/h7-9,12H,5-6,10H2,1-4H3. The van der Waals surface area contributed by atoms with Crippen molar-refractivity contribution in [3.05, 3.63) is 23.8 Å². The molecule has 0 spiro atoms. The van der Waals surface area contributed by atoms with Crippen molar-refractivity contribution in [3.63, 3.8) is 0 Å². The minimum Gasteiger partial charge on any atom is -0.0885 e. The summed E-state index contributed by atoms with van der Waals surface area (Å²) in [6, 6.07) is 0. The fourth-order valence-corrected chi connectivity index (χ4v) is 1.38. The van der Waals surface area contributed by atoms with Gasteiger partial charge in [0.15, 0.2) is 0 Å². The van der Waals surface area contributed by atoms with E-state index in [1.54, 1.807) is 0 Å². The predicted molar refractivity (Wildman–Crippen MR) is 57.3 cm³/mol. The lowest BCUT2D eigenvalue weighted by Crippen LogP contribution is -1.90. The molecule has 0 radical (unpaired) electrons. The van der Waals surface area contributed by atoms with Crippen molar-refractivity contribution < 1.29 is 0 Å². The van der Waals surface area contributed by atoms with E-state index in [4.69, 9.17) is 0 Å². The molecule has 0 aliphatic carbocycles. The molecule has 1 atom stereocenters. The third-order valence-corrected chi connectivity index (χ3v) is 1.90. The maximum absolute atomic E-state index is 2.32. The Labute approximate surface area is 77.4 Å². The van der Waals surface area contributed by atoms with Crippen molar-refractivity contribution in [2.75, 3.05) is 0 Å². The van der Waals surface area contributed by atoms with Crippen LogP contribution in [0.25, 0.3) is 0 Å². The van der Waals surface area contributed by atoms with E-state index in [1.807, 2.05) is 0 Å². The molecular weight excluding hydrogens is 144 g/mol. The highest BCUT2D eigenvalue weighted by Gasteiger charge is 1.96. The molecule has 0 heterocycles. The summed E-state index contributed by atoms with van der Waals surface area (Å²) in [5.74, 6) is 0.702. The fourth-order valence-electron chi connectivity index (χ4n) is 1.38. The van der Waals surface area contributed by atoms with Gasteiger partial charge in [-0.1, -0.05) is 44.6 Å². The Balaban J connectivity index is 3.75. The van der Waals surface area contributed by atoms with Crippen LogP contribution >= 0.6 is 0 Å². The van der Waals surface area contributed by atoms with Gasteiger partial charge in [0.05, 0.1) is 0 Å². The fraction of sp³-hybridized carbons (Fsp3) is 0.667. The van der Waals surface area contributed by atoms with E-state index in [0.717, 1.165) is 12.8 Å². The van der Waals surface area contributed by atoms with Crippen LogP contribution in [0.15, 0.2) is 23.8 Å². The molecule has 1 unspecified atom stereocenters. The minimum atomic E-state index is 0.702. The number of rotatable bonds is 5. The molecule has 0 aliphatic rings. The highest BCUT2D eigenvalue weighted by molar-refractivity contribution is 5.01. The van der Waals surface area contributed by atoms with Crippen molar-refractivity contribution in [1.29, 1.82) is 0 Å². The van der Waals surface area contributed by atoms with E-state index in [1.165, 1.54) is 12.0 Å². The Morgan fingerprint density at radius 3 is 2.42 bits per heavy atom. The Morgan fingerprint density at radius 2 is 1.92 bits per heavy atom. The third kappa shape index (κ3) is 6.21. The normalized spacial score (nSPS) is 15.5. The lowest BCUT2D eigenvalue weighted by molar-refractivity contribution is 0.711. The highest BCUT2D eigenvalue weighted by Crippen LogP contribution is 2.12. The second-order valence-corrected chi connectivity index (χ2v) is 3.48. The van der Waals surface area contributed by atoms with Gasteiger partial charge < -0.3 is 0 Å². The SMILES string of the molecule is CCC=CC(C)CC(C)=CCC. The third-order valence-electron chi connectivity index (χ3n) is 1.90. The summed E-state index contributed by atoms with van der Waals surface area (Å²) < 4.78 is 0. The molecular formula is C12H22. The number of allylic oxidation sites excluding steroid dienone is 4. The molecule has 0 amide bonds.